The van der Waals surface area contributed by atoms with E-state index in [9.17, 15) is 78.0 Å². The molecule has 0 saturated carbocycles. The number of anilines is 1. The van der Waals surface area contributed by atoms with Crippen molar-refractivity contribution in [3.8, 4) is 5.75 Å². The minimum atomic E-state index is -1.65. The topological polar surface area (TPSA) is 430 Å². The van der Waals surface area contributed by atoms with Gasteiger partial charge in [-0.05, 0) is 55.7 Å². The zero-order chi connectivity index (χ0) is 68.3. The van der Waals surface area contributed by atoms with Crippen molar-refractivity contribution in [3.05, 3.63) is 29.8 Å². The summed E-state index contributed by atoms with van der Waals surface area (Å²) >= 11 is 1.01. The molecule has 10 atom stereocenters. The Bertz CT molecular complexity index is 3150. The predicted molar refractivity (Wildman–Crippen MR) is 343 cm³/mol. The van der Waals surface area contributed by atoms with Crippen molar-refractivity contribution in [2.24, 2.45) is 29.4 Å². The SMILES string of the molecule is CC[C@H](C)[C@@H]1NC(=O)CNC(=O)[C@@H]2CC(=O)[C@H]([C@@H](C)[C@@H](O)CO)NC(=O)[C@@H]3C[C@@H](O)CN3C(=O)[C@H](CC(N)=O)CC(=O)[C@H](CSc3[nH]c4c(N5CCN(CCNC(=O)CCCCCCC(=O)CCCCCN6C(=O)C=CC6=O)CC5)c(O)ccc4c3C2)NC(=O)CNC1=O. The molecule has 5 aliphatic rings. The molecule has 2 saturated heterocycles. The lowest BCUT2D eigenvalue weighted by atomic mass is 9.85. The van der Waals surface area contributed by atoms with Crippen molar-refractivity contribution >= 4 is 105 Å². The molecule has 0 unspecified atom stereocenters. The number of nitrogens with two attached hydrogens (primary N) is 1. The first-order valence-corrected chi connectivity index (χ1v) is 33.7. The number of thioether (sulfide) groups is 1. The summed E-state index contributed by atoms with van der Waals surface area (Å²) in [6.45, 7) is 5.24. The number of aliphatic hydroxyl groups excluding tert-OH is 3. The number of amides is 10. The molecule has 2 aromatic rings. The highest BCUT2D eigenvalue weighted by Crippen LogP contribution is 2.42. The van der Waals surface area contributed by atoms with Crippen molar-refractivity contribution in [1.29, 1.82) is 0 Å². The number of hydrogen-bond donors (Lipinski definition) is 12. The van der Waals surface area contributed by atoms with E-state index in [4.69, 9.17) is 5.73 Å². The van der Waals surface area contributed by atoms with Crippen LogP contribution in [0.25, 0.3) is 10.9 Å². The zero-order valence-corrected chi connectivity index (χ0v) is 54.6. The molecule has 516 valence electrons. The first kappa shape index (κ1) is 73.6. The molecular formula is C64H92N12O17S. The summed E-state index contributed by atoms with van der Waals surface area (Å²) in [5.41, 5.74) is 6.81. The molecule has 6 heterocycles. The number of carbonyl (C=O) groups excluding carboxylic acids is 13. The molecule has 7 rings (SSSR count). The number of carbonyl (C=O) groups is 13. The minimum absolute atomic E-state index is 0.0907. The van der Waals surface area contributed by atoms with Gasteiger partial charge in [0.1, 0.15) is 29.3 Å². The lowest BCUT2D eigenvalue weighted by Crippen LogP contribution is -2.56. The number of phenols is 1. The van der Waals surface area contributed by atoms with Crippen molar-refractivity contribution in [1.82, 2.24) is 51.6 Å². The van der Waals surface area contributed by atoms with Gasteiger partial charge in [0.25, 0.3) is 11.8 Å². The summed E-state index contributed by atoms with van der Waals surface area (Å²) in [6.07, 6.45) is 3.55. The van der Waals surface area contributed by atoms with Gasteiger partial charge in [0, 0.05) is 132 Å². The summed E-state index contributed by atoms with van der Waals surface area (Å²) in [5, 5.41) is 60.7. The van der Waals surface area contributed by atoms with Crippen molar-refractivity contribution in [3.63, 3.8) is 0 Å². The van der Waals surface area contributed by atoms with E-state index in [1.54, 1.807) is 19.9 Å². The van der Waals surface area contributed by atoms with E-state index in [0.717, 1.165) is 42.3 Å². The molecule has 10 amide bonds. The Kier molecular flexibility index (Phi) is 27.5. The van der Waals surface area contributed by atoms with E-state index in [1.807, 2.05) is 4.90 Å². The Morgan fingerprint density at radius 3 is 2.06 bits per heavy atom. The van der Waals surface area contributed by atoms with Crippen molar-refractivity contribution in [2.75, 3.05) is 82.7 Å². The molecule has 0 aliphatic carbocycles. The van der Waals surface area contributed by atoms with Crippen LogP contribution in [-0.4, -0.2) is 231 Å². The van der Waals surface area contributed by atoms with Crippen LogP contribution in [0, 0.1) is 23.7 Å². The van der Waals surface area contributed by atoms with Gasteiger partial charge in [-0.25, -0.2) is 0 Å². The normalized spacial score (nSPS) is 24.4. The number of phenolic OH excluding ortho intramolecular Hbond substituents is 1. The van der Waals surface area contributed by atoms with Crippen LogP contribution in [-0.2, 0) is 68.7 Å². The second-order valence-electron chi connectivity index (χ2n) is 25.3. The van der Waals surface area contributed by atoms with Gasteiger partial charge in [-0.3, -0.25) is 72.1 Å². The number of benzene rings is 1. The van der Waals surface area contributed by atoms with Gasteiger partial charge in [-0.2, -0.15) is 0 Å². The van der Waals surface area contributed by atoms with Crippen LogP contribution in [0.2, 0.25) is 0 Å². The summed E-state index contributed by atoms with van der Waals surface area (Å²) < 4.78 is 0. The van der Waals surface area contributed by atoms with E-state index in [0.29, 0.717) is 118 Å². The van der Waals surface area contributed by atoms with Gasteiger partial charge in [0.2, 0.25) is 47.3 Å². The quantitative estimate of drug-likeness (QED) is 0.0437. The fraction of sp³-hybridized carbons (Fsp3) is 0.641. The molecule has 13 N–H and O–H groups in total. The largest absolute Gasteiger partial charge is 0.506 e. The average Bonchev–Trinajstić information content (AvgIpc) is 1.59. The fourth-order valence-corrected chi connectivity index (χ4v) is 13.8. The molecule has 0 spiro atoms. The number of Topliss-reactive ketones (excluding diaryl/α,β-unsaturated/α-hetero) is 3. The zero-order valence-electron chi connectivity index (χ0n) is 53.8. The number of primary amides is 1. The number of H-pyrrole nitrogens is 1. The number of aliphatic hydroxyl groups is 3. The van der Waals surface area contributed by atoms with Crippen LogP contribution in [0.15, 0.2) is 29.3 Å². The maximum Gasteiger partial charge on any atom is 0.253 e. The van der Waals surface area contributed by atoms with E-state index < -0.39 is 158 Å². The molecule has 5 aliphatic heterocycles. The van der Waals surface area contributed by atoms with E-state index in [-0.39, 0.29) is 47.8 Å². The number of piperazine rings is 1. The number of aromatic hydroxyl groups is 1. The number of fused-ring (bicyclic) bond motifs is 5. The molecule has 2 bridgehead atoms. The Balaban J connectivity index is 1.11. The Morgan fingerprint density at radius 2 is 1.40 bits per heavy atom. The molecule has 94 heavy (non-hydrogen) atoms. The third kappa shape index (κ3) is 20.1. The van der Waals surface area contributed by atoms with Crippen LogP contribution in [0.3, 0.4) is 0 Å². The number of unbranched alkanes of at least 4 members (excludes halogenated alkanes) is 5. The number of imide groups is 1. The fourth-order valence-electron chi connectivity index (χ4n) is 12.6. The predicted octanol–water partition coefficient (Wildman–Crippen LogP) is -1.12. The Hall–Kier alpha value is -7.80. The number of nitrogens with zero attached hydrogens (tertiary/aromatic N) is 4. The van der Waals surface area contributed by atoms with E-state index in [2.05, 4.69) is 41.8 Å². The van der Waals surface area contributed by atoms with Gasteiger partial charge in [0.05, 0.1) is 60.4 Å². The molecule has 2 fully saturated rings. The van der Waals surface area contributed by atoms with Crippen LogP contribution in [0.4, 0.5) is 5.69 Å². The first-order valence-electron chi connectivity index (χ1n) is 32.7. The van der Waals surface area contributed by atoms with Crippen molar-refractivity contribution < 1.29 is 82.8 Å². The van der Waals surface area contributed by atoms with Gasteiger partial charge >= 0.3 is 0 Å². The monoisotopic (exact) mass is 1330 g/mol. The highest BCUT2D eigenvalue weighted by Gasteiger charge is 2.45. The highest BCUT2D eigenvalue weighted by molar-refractivity contribution is 7.99. The minimum Gasteiger partial charge on any atom is -0.506 e. The average molecular weight is 1330 g/mol. The number of nitrogens with one attached hydrogen (secondary N) is 7. The summed E-state index contributed by atoms with van der Waals surface area (Å²) in [4.78, 5) is 186. The van der Waals surface area contributed by atoms with Gasteiger partial charge in [-0.1, -0.05) is 46.5 Å². The summed E-state index contributed by atoms with van der Waals surface area (Å²) in [5.74, 6) is -13.4. The Morgan fingerprint density at radius 1 is 0.755 bits per heavy atom. The second kappa shape index (κ2) is 35.1. The van der Waals surface area contributed by atoms with E-state index in [1.165, 1.54) is 30.0 Å². The summed E-state index contributed by atoms with van der Waals surface area (Å²) in [6, 6.07) is -2.76. The molecule has 1 aromatic carbocycles. The van der Waals surface area contributed by atoms with Gasteiger partial charge < -0.3 is 72.8 Å². The number of aromatic amines is 1. The standard InChI is InChI=1S/C64H92N12O17S/c1-4-36(2)56-62(92)68-31-52(86)69-44-35-94-63-43(26-38(60(90)67-32-53(87)70-56)27-48(82)57(37(3)49(83)34-77)71-61(91)45-30-41(79)33-76(45)64(93)39(28-47(44)81)29-50(65)84)42-15-16-46(80)59(58(42)72-63)74-24-22-73(23-25-74)21-19-66-51(85)14-10-6-5-8-12-40(78)13-9-7-11-20-75-54(88)17-18-55(75)89/h15-18,36-39,41,44-45,49,56-57,72,77,79-80,83H,4-14,19-35H2,1-3H3,(H2,65,84)(H,66,85)(H,67,90)(H,68,92)(H,69,86)(H,70,87)(H,71,91)/t36-,37-,38-,39-,41+,44-,45-,49-,56-,57-/m0/s1. The second-order valence-corrected chi connectivity index (χ2v) is 26.3. The lowest BCUT2D eigenvalue weighted by Gasteiger charge is -2.36. The van der Waals surface area contributed by atoms with Crippen LogP contribution in [0.5, 0.6) is 5.75 Å². The molecule has 30 heteroatoms. The summed E-state index contributed by atoms with van der Waals surface area (Å²) in [7, 11) is 0. The number of rotatable bonds is 24. The maximum atomic E-state index is 15.0. The molecule has 29 nitrogen and oxygen atoms in total. The lowest BCUT2D eigenvalue weighted by molar-refractivity contribution is -0.145. The maximum absolute atomic E-state index is 15.0. The van der Waals surface area contributed by atoms with Crippen LogP contribution < -0.4 is 42.5 Å². The third-order valence-electron chi connectivity index (χ3n) is 18.4. The van der Waals surface area contributed by atoms with Crippen molar-refractivity contribution in [2.45, 2.75) is 165 Å². The van der Waals surface area contributed by atoms with Gasteiger partial charge in [-0.15, -0.1) is 11.8 Å². The number of hydrogen-bond acceptors (Lipinski definition) is 20. The smallest absolute Gasteiger partial charge is 0.253 e. The van der Waals surface area contributed by atoms with Gasteiger partial charge in [0.15, 0.2) is 11.6 Å². The van der Waals surface area contributed by atoms with Crippen LogP contribution >= 0.6 is 11.8 Å². The first-order chi connectivity index (χ1) is 44.9. The Labute approximate surface area is 549 Å². The van der Waals surface area contributed by atoms with Crippen LogP contribution in [0.1, 0.15) is 123 Å². The van der Waals surface area contributed by atoms with E-state index >= 15 is 4.79 Å². The molecule has 1 aromatic heterocycles. The number of aromatic nitrogens is 1. The highest BCUT2D eigenvalue weighted by atomic mass is 32.2. The molecule has 0 radical (unpaired) electrons. The third-order valence-corrected chi connectivity index (χ3v) is 19.5. The number of ketones is 3. The molecular weight excluding hydrogens is 1240 g/mol.